The fourth-order valence-corrected chi connectivity index (χ4v) is 4.58. The molecule has 0 saturated heterocycles. The first kappa shape index (κ1) is 30.0. The maximum absolute atomic E-state index is 12.5. The molecule has 0 aromatic heterocycles. The second-order valence-corrected chi connectivity index (χ2v) is 10.5. The first-order valence-electron chi connectivity index (χ1n) is 12.4. The van der Waals surface area contributed by atoms with Gasteiger partial charge >= 0.3 is 12.1 Å². The summed E-state index contributed by atoms with van der Waals surface area (Å²) in [5, 5.41) is 10.3. The fourth-order valence-electron chi connectivity index (χ4n) is 3.72. The normalized spacial score (nSPS) is 12.6. The number of aliphatic carboxylic acids is 1. The molecule has 12 heteroatoms. The highest BCUT2D eigenvalue weighted by Crippen LogP contribution is 2.29. The van der Waals surface area contributed by atoms with Gasteiger partial charge in [0.25, 0.3) is 10.0 Å². The molecule has 1 heterocycles. The Labute approximate surface area is 239 Å². The number of para-hydroxylation sites is 1. The third-order valence-corrected chi connectivity index (χ3v) is 6.66. The van der Waals surface area contributed by atoms with E-state index in [9.17, 15) is 21.6 Å². The van der Waals surface area contributed by atoms with Gasteiger partial charge in [-0.2, -0.15) is 18.2 Å². The van der Waals surface area contributed by atoms with E-state index in [0.29, 0.717) is 12.1 Å². The molecular weight excluding hydrogens is 571 g/mol. The minimum absolute atomic E-state index is 0.474. The highest BCUT2D eigenvalue weighted by Gasteiger charge is 2.38. The van der Waals surface area contributed by atoms with Crippen molar-refractivity contribution in [1.29, 1.82) is 0 Å². The Morgan fingerprint density at radius 3 is 2.12 bits per heavy atom. The van der Waals surface area contributed by atoms with Crippen LogP contribution in [0.15, 0.2) is 114 Å². The Morgan fingerprint density at radius 1 is 0.905 bits per heavy atom. The van der Waals surface area contributed by atoms with E-state index in [4.69, 9.17) is 19.6 Å². The molecule has 8 nitrogen and oxygen atoms in total. The van der Waals surface area contributed by atoms with Gasteiger partial charge < -0.3 is 9.84 Å². The summed E-state index contributed by atoms with van der Waals surface area (Å²) in [6, 6.07) is 32.3. The Balaban J connectivity index is 0.000000517. The molecule has 0 unspecified atom stereocenters. The average molecular weight is 597 g/mol. The van der Waals surface area contributed by atoms with Crippen LogP contribution in [0.5, 0.6) is 11.5 Å². The number of carboxylic acid groups (broad SMARTS) is 1. The Bertz CT molecular complexity index is 1690. The number of sulfonamides is 1. The summed E-state index contributed by atoms with van der Waals surface area (Å²) in [6.45, 7) is 0. The molecule has 0 atom stereocenters. The number of nitrogens with one attached hydrogen (secondary N) is 1. The number of nitrogens with two attached hydrogens (primary N) is 1. The first-order chi connectivity index (χ1) is 20.0. The molecule has 0 amide bonds. The topological polar surface area (TPSA) is 122 Å². The molecule has 216 valence electrons. The molecule has 0 fully saturated rings. The Kier molecular flexibility index (Phi) is 9.40. The zero-order valence-electron chi connectivity index (χ0n) is 21.8. The van der Waals surface area contributed by atoms with Gasteiger partial charge in [0.2, 0.25) is 5.84 Å². The van der Waals surface area contributed by atoms with Crippen LogP contribution in [-0.2, 0) is 21.2 Å². The number of halogens is 3. The predicted molar refractivity (Wildman–Crippen MR) is 153 cm³/mol. The smallest absolute Gasteiger partial charge is 0.475 e. The van der Waals surface area contributed by atoms with Gasteiger partial charge in [0.15, 0.2) is 5.69 Å². The van der Waals surface area contributed by atoms with E-state index in [1.807, 2.05) is 96.3 Å². The van der Waals surface area contributed by atoms with E-state index in [1.54, 1.807) is 18.2 Å². The summed E-state index contributed by atoms with van der Waals surface area (Å²) in [5.74, 6) is -0.266. The van der Waals surface area contributed by atoms with Crippen molar-refractivity contribution < 1.29 is 41.5 Å². The number of anilines is 1. The number of nitrogens with zero attached hydrogens (tertiary/aromatic N) is 1. The van der Waals surface area contributed by atoms with E-state index >= 15 is 0 Å². The molecule has 1 aliphatic rings. The molecule has 0 bridgehead atoms. The van der Waals surface area contributed by atoms with Gasteiger partial charge in [-0.05, 0) is 53.6 Å². The fraction of sp³-hybridized carbons (Fsp3) is 0.0667. The molecule has 0 spiro atoms. The van der Waals surface area contributed by atoms with E-state index < -0.39 is 22.2 Å². The standard InChI is InChI=1S/C28H23N3O3S.C2HF3O2/c32-35(33,18-17-21-7-3-1-4-8-21)31-23-13-16-26-27(20-23)30-28(29-26)19-22-11-14-25(15-12-22)34-24-9-5-2-6-10-24;3-2(4,5)1(6)7/h1-18,20,31H,19H2,(H,29,30);(H,6,7)/p+1/b18-17+;. The number of quaternary nitrogens is 1. The second-order valence-electron chi connectivity index (χ2n) is 8.92. The highest BCUT2D eigenvalue weighted by molar-refractivity contribution is 7.95. The zero-order valence-corrected chi connectivity index (χ0v) is 22.6. The quantitative estimate of drug-likeness (QED) is 0.215. The van der Waals surface area contributed by atoms with Crippen LogP contribution in [0.25, 0.3) is 6.08 Å². The van der Waals surface area contributed by atoms with Gasteiger partial charge in [-0.3, -0.25) is 10.0 Å². The number of carboxylic acids is 1. The largest absolute Gasteiger partial charge is 0.490 e. The summed E-state index contributed by atoms with van der Waals surface area (Å²) in [6.07, 6.45) is -2.85. The van der Waals surface area contributed by atoms with Gasteiger partial charge in [-0.1, -0.05) is 60.7 Å². The van der Waals surface area contributed by atoms with E-state index in [2.05, 4.69) is 4.72 Å². The number of fused-ring (bicyclic) bond motifs is 1. The van der Waals surface area contributed by atoms with Crippen molar-refractivity contribution in [2.75, 3.05) is 4.72 Å². The van der Waals surface area contributed by atoms with Gasteiger partial charge in [0.05, 0.1) is 17.5 Å². The van der Waals surface area contributed by atoms with Crippen molar-refractivity contribution in [2.45, 2.75) is 12.6 Å². The van der Waals surface area contributed by atoms with Gasteiger partial charge in [0.1, 0.15) is 17.2 Å². The summed E-state index contributed by atoms with van der Waals surface area (Å²) in [4.78, 5) is 13.6. The molecule has 0 saturated carbocycles. The number of benzene rings is 4. The molecular formula is C30H25F3N3O5S+. The van der Waals surface area contributed by atoms with Gasteiger partial charge in [0, 0.05) is 6.07 Å². The highest BCUT2D eigenvalue weighted by atomic mass is 32.2. The van der Waals surface area contributed by atoms with Crippen molar-refractivity contribution in [2.24, 2.45) is 4.99 Å². The molecule has 4 aromatic carbocycles. The first-order valence-corrected chi connectivity index (χ1v) is 14.0. The molecule has 4 N–H and O–H groups in total. The summed E-state index contributed by atoms with van der Waals surface area (Å²) >= 11 is 0. The lowest BCUT2D eigenvalue weighted by Crippen LogP contribution is -2.81. The van der Waals surface area contributed by atoms with Gasteiger partial charge in [-0.25, -0.2) is 13.2 Å². The van der Waals surface area contributed by atoms with Crippen LogP contribution in [0, 0.1) is 0 Å². The van der Waals surface area contributed by atoms with Crippen molar-refractivity contribution in [3.63, 3.8) is 0 Å². The zero-order chi connectivity index (χ0) is 30.2. The van der Waals surface area contributed by atoms with Crippen molar-refractivity contribution in [3.05, 3.63) is 120 Å². The van der Waals surface area contributed by atoms with Crippen molar-refractivity contribution in [3.8, 4) is 11.5 Å². The number of rotatable bonds is 8. The summed E-state index contributed by atoms with van der Waals surface area (Å²) in [5.41, 5.74) is 4.11. The lowest BCUT2D eigenvalue weighted by Gasteiger charge is -2.06. The van der Waals surface area contributed by atoms with Crippen LogP contribution in [0.1, 0.15) is 11.1 Å². The number of hydrogen-bond acceptors (Lipinski definition) is 5. The number of alkyl halides is 3. The van der Waals surface area contributed by atoms with E-state index in [1.165, 1.54) is 5.41 Å². The molecule has 5 rings (SSSR count). The summed E-state index contributed by atoms with van der Waals surface area (Å²) in [7, 11) is -3.64. The van der Waals surface area contributed by atoms with Crippen LogP contribution in [0.4, 0.5) is 30.2 Å². The van der Waals surface area contributed by atoms with Crippen LogP contribution in [0.3, 0.4) is 0 Å². The monoisotopic (exact) mass is 596 g/mol. The Hall–Kier alpha value is -4.94. The van der Waals surface area contributed by atoms with Crippen LogP contribution >= 0.6 is 0 Å². The lowest BCUT2D eigenvalue weighted by molar-refractivity contribution is -0.440. The van der Waals surface area contributed by atoms with Crippen LogP contribution in [-0.4, -0.2) is 31.5 Å². The SMILES string of the molecule is O=C(O)C(F)(F)F.O=S(=O)(/C=C/c1ccccc1)Nc1ccc2c(c1)N=C(Cc1ccc(Oc3ccccc3)cc1)[NH2+]2. The van der Waals surface area contributed by atoms with Crippen LogP contribution < -0.4 is 14.8 Å². The minimum atomic E-state index is -5.08. The maximum Gasteiger partial charge on any atom is 0.490 e. The number of aliphatic imine (C=N–C) groups is 1. The third-order valence-electron chi connectivity index (χ3n) is 5.65. The summed E-state index contributed by atoms with van der Waals surface area (Å²) < 4.78 is 65.1. The maximum atomic E-state index is 12.5. The number of hydrogen-bond donors (Lipinski definition) is 3. The minimum Gasteiger partial charge on any atom is -0.475 e. The van der Waals surface area contributed by atoms with E-state index in [0.717, 1.165) is 39.8 Å². The van der Waals surface area contributed by atoms with Crippen molar-refractivity contribution in [1.82, 2.24) is 0 Å². The van der Waals surface area contributed by atoms with Crippen molar-refractivity contribution >= 4 is 45.0 Å². The number of amidine groups is 1. The third kappa shape index (κ3) is 9.04. The average Bonchev–Trinajstić information content (AvgIpc) is 3.35. The Morgan fingerprint density at radius 2 is 1.50 bits per heavy atom. The predicted octanol–water partition coefficient (Wildman–Crippen LogP) is 6.01. The second kappa shape index (κ2) is 13.1. The van der Waals surface area contributed by atoms with E-state index in [-0.39, 0.29) is 0 Å². The molecule has 4 aromatic rings. The molecule has 0 aliphatic carbocycles. The van der Waals surface area contributed by atoms with Gasteiger partial charge in [-0.15, -0.1) is 0 Å². The molecule has 42 heavy (non-hydrogen) atoms. The molecule has 0 radical (unpaired) electrons. The lowest BCUT2D eigenvalue weighted by atomic mass is 10.1. The number of ether oxygens (including phenoxy) is 1. The number of carbonyl (C=O) groups is 1. The molecule has 1 aliphatic heterocycles. The van der Waals surface area contributed by atoms with Crippen LogP contribution in [0.2, 0.25) is 0 Å².